The van der Waals surface area contributed by atoms with Crippen LogP contribution in [0.5, 0.6) is 6.01 Å². The Labute approximate surface area is 119 Å². The number of nitrogen functional groups attached to an aromatic ring is 1. The van der Waals surface area contributed by atoms with E-state index in [2.05, 4.69) is 32.2 Å². The normalized spacial score (nSPS) is 16.1. The smallest absolute Gasteiger partial charge is 0.323 e. The summed E-state index contributed by atoms with van der Waals surface area (Å²) >= 11 is 0. The first-order valence-corrected chi connectivity index (χ1v) is 7.21. The maximum absolute atomic E-state index is 5.84. The van der Waals surface area contributed by atoms with Gasteiger partial charge in [-0.05, 0) is 39.5 Å². The molecule has 0 amide bonds. The van der Waals surface area contributed by atoms with Gasteiger partial charge in [-0.1, -0.05) is 6.92 Å². The molecule has 1 fully saturated rings. The third-order valence-electron chi connectivity index (χ3n) is 3.59. The zero-order valence-corrected chi connectivity index (χ0v) is 12.5. The van der Waals surface area contributed by atoms with Crippen molar-refractivity contribution in [3.63, 3.8) is 0 Å². The van der Waals surface area contributed by atoms with Crippen molar-refractivity contribution in [2.24, 2.45) is 5.84 Å². The number of rotatable bonds is 5. The molecule has 0 aliphatic carbocycles. The summed E-state index contributed by atoms with van der Waals surface area (Å²) in [6.07, 6.45) is 4.44. The Morgan fingerprint density at radius 2 is 1.90 bits per heavy atom. The SMILES string of the molecule is CCC(C)(C)Oc1nc(NN)nc(N2CCCCC2)n1. The Morgan fingerprint density at radius 1 is 1.20 bits per heavy atom. The van der Waals surface area contributed by atoms with E-state index in [1.54, 1.807) is 0 Å². The fourth-order valence-electron chi connectivity index (χ4n) is 2.01. The summed E-state index contributed by atoms with van der Waals surface area (Å²) in [5.74, 6) is 6.41. The highest BCUT2D eigenvalue weighted by molar-refractivity contribution is 5.38. The van der Waals surface area contributed by atoms with Gasteiger partial charge in [0.15, 0.2) is 0 Å². The Morgan fingerprint density at radius 3 is 2.50 bits per heavy atom. The lowest BCUT2D eigenvalue weighted by Crippen LogP contribution is -2.33. The number of nitrogens with zero attached hydrogens (tertiary/aromatic N) is 4. The van der Waals surface area contributed by atoms with Crippen molar-refractivity contribution in [3.8, 4) is 6.01 Å². The number of nitrogens with one attached hydrogen (secondary N) is 1. The first-order valence-electron chi connectivity index (χ1n) is 7.21. The van der Waals surface area contributed by atoms with Gasteiger partial charge < -0.3 is 9.64 Å². The molecule has 1 aliphatic rings. The molecule has 1 aromatic heterocycles. The number of hydrogen-bond acceptors (Lipinski definition) is 7. The molecule has 7 nitrogen and oxygen atoms in total. The fourth-order valence-corrected chi connectivity index (χ4v) is 2.01. The number of piperidine rings is 1. The van der Waals surface area contributed by atoms with Crippen LogP contribution in [0.4, 0.5) is 11.9 Å². The number of nitrogens with two attached hydrogens (primary N) is 1. The van der Waals surface area contributed by atoms with Crippen LogP contribution in [-0.2, 0) is 0 Å². The third kappa shape index (κ3) is 3.69. The molecule has 0 spiro atoms. The number of hydrogen-bond donors (Lipinski definition) is 2. The van der Waals surface area contributed by atoms with Gasteiger partial charge in [0.2, 0.25) is 11.9 Å². The van der Waals surface area contributed by atoms with Gasteiger partial charge in [0, 0.05) is 13.1 Å². The first kappa shape index (κ1) is 14.8. The number of ether oxygens (including phenoxy) is 1. The average Bonchev–Trinajstić information content (AvgIpc) is 2.47. The molecule has 3 N–H and O–H groups in total. The summed E-state index contributed by atoms with van der Waals surface area (Å²) in [5.41, 5.74) is 2.17. The predicted molar refractivity (Wildman–Crippen MR) is 78.7 cm³/mol. The lowest BCUT2D eigenvalue weighted by Gasteiger charge is -2.28. The predicted octanol–water partition coefficient (Wildman–Crippen LogP) is 1.71. The van der Waals surface area contributed by atoms with Gasteiger partial charge in [0.1, 0.15) is 5.60 Å². The molecule has 0 radical (unpaired) electrons. The Kier molecular flexibility index (Phi) is 4.59. The molecule has 1 saturated heterocycles. The molecule has 1 aromatic rings. The summed E-state index contributed by atoms with van der Waals surface area (Å²) in [7, 11) is 0. The molecule has 0 unspecified atom stereocenters. The molecule has 0 atom stereocenters. The summed E-state index contributed by atoms with van der Waals surface area (Å²) in [6, 6.07) is 0.320. The lowest BCUT2D eigenvalue weighted by molar-refractivity contribution is 0.0924. The van der Waals surface area contributed by atoms with Crippen molar-refractivity contribution in [3.05, 3.63) is 0 Å². The maximum atomic E-state index is 5.84. The van der Waals surface area contributed by atoms with Crippen LogP contribution < -0.4 is 20.9 Å². The average molecular weight is 280 g/mol. The standard InChI is InChI=1S/C13H24N6O/c1-4-13(2,3)20-12-16-10(18-14)15-11(17-12)19-8-6-5-7-9-19/h4-9,14H2,1-3H3,(H,15,16,17,18). The van der Waals surface area contributed by atoms with Crippen LogP contribution in [0.3, 0.4) is 0 Å². The summed E-state index contributed by atoms with van der Waals surface area (Å²) in [5, 5.41) is 0. The van der Waals surface area contributed by atoms with Crippen molar-refractivity contribution in [2.45, 2.75) is 52.1 Å². The number of aromatic nitrogens is 3. The van der Waals surface area contributed by atoms with Gasteiger partial charge in [-0.2, -0.15) is 15.0 Å². The topological polar surface area (TPSA) is 89.2 Å². The molecule has 20 heavy (non-hydrogen) atoms. The molecule has 2 heterocycles. The van der Waals surface area contributed by atoms with Gasteiger partial charge in [0.05, 0.1) is 0 Å². The minimum Gasteiger partial charge on any atom is -0.457 e. The van der Waals surface area contributed by atoms with Crippen LogP contribution >= 0.6 is 0 Å². The molecule has 0 aromatic carbocycles. The second kappa shape index (κ2) is 6.21. The van der Waals surface area contributed by atoms with Crippen LogP contribution in [0.2, 0.25) is 0 Å². The van der Waals surface area contributed by atoms with Crippen LogP contribution in [0, 0.1) is 0 Å². The van der Waals surface area contributed by atoms with Crippen LogP contribution in [0.1, 0.15) is 46.5 Å². The Balaban J connectivity index is 2.23. The number of anilines is 2. The van der Waals surface area contributed by atoms with E-state index >= 15 is 0 Å². The summed E-state index contributed by atoms with van der Waals surface area (Å²) < 4.78 is 5.84. The van der Waals surface area contributed by atoms with Gasteiger partial charge in [0.25, 0.3) is 0 Å². The monoisotopic (exact) mass is 280 g/mol. The van der Waals surface area contributed by atoms with Crippen LogP contribution in [0.25, 0.3) is 0 Å². The fraction of sp³-hybridized carbons (Fsp3) is 0.769. The second-order valence-electron chi connectivity index (χ2n) is 5.65. The van der Waals surface area contributed by atoms with E-state index in [-0.39, 0.29) is 5.60 Å². The van der Waals surface area contributed by atoms with E-state index in [4.69, 9.17) is 10.6 Å². The van der Waals surface area contributed by atoms with Crippen LogP contribution in [-0.4, -0.2) is 33.6 Å². The molecular weight excluding hydrogens is 256 g/mol. The molecule has 0 saturated carbocycles. The zero-order chi connectivity index (χ0) is 14.6. The molecule has 1 aliphatic heterocycles. The maximum Gasteiger partial charge on any atom is 0.323 e. The van der Waals surface area contributed by atoms with Crippen molar-refractivity contribution in [1.82, 2.24) is 15.0 Å². The quantitative estimate of drug-likeness (QED) is 0.627. The van der Waals surface area contributed by atoms with Gasteiger partial charge in [-0.15, -0.1) is 0 Å². The van der Waals surface area contributed by atoms with Gasteiger partial charge in [-0.25, -0.2) is 5.84 Å². The first-order chi connectivity index (χ1) is 9.54. The molecule has 2 rings (SSSR count). The minimum atomic E-state index is -0.313. The zero-order valence-electron chi connectivity index (χ0n) is 12.5. The van der Waals surface area contributed by atoms with Crippen molar-refractivity contribution >= 4 is 11.9 Å². The molecule has 112 valence electrons. The van der Waals surface area contributed by atoms with Gasteiger partial charge >= 0.3 is 6.01 Å². The Hall–Kier alpha value is -1.63. The van der Waals surface area contributed by atoms with E-state index in [1.165, 1.54) is 6.42 Å². The van der Waals surface area contributed by atoms with E-state index in [9.17, 15) is 0 Å². The van der Waals surface area contributed by atoms with E-state index in [0.717, 1.165) is 32.4 Å². The number of hydrazine groups is 1. The van der Waals surface area contributed by atoms with E-state index in [0.29, 0.717) is 17.9 Å². The highest BCUT2D eigenvalue weighted by Gasteiger charge is 2.21. The van der Waals surface area contributed by atoms with Gasteiger partial charge in [-0.3, -0.25) is 5.43 Å². The largest absolute Gasteiger partial charge is 0.457 e. The van der Waals surface area contributed by atoms with Crippen LogP contribution in [0.15, 0.2) is 0 Å². The lowest BCUT2D eigenvalue weighted by atomic mass is 10.1. The third-order valence-corrected chi connectivity index (χ3v) is 3.59. The summed E-state index contributed by atoms with van der Waals surface area (Å²) in [4.78, 5) is 15.1. The van der Waals surface area contributed by atoms with Crippen molar-refractivity contribution < 1.29 is 4.74 Å². The van der Waals surface area contributed by atoms with Crippen molar-refractivity contribution in [1.29, 1.82) is 0 Å². The highest BCUT2D eigenvalue weighted by atomic mass is 16.5. The molecular formula is C13H24N6O. The second-order valence-corrected chi connectivity index (χ2v) is 5.65. The molecule has 7 heteroatoms. The highest BCUT2D eigenvalue weighted by Crippen LogP contribution is 2.22. The minimum absolute atomic E-state index is 0.313. The molecule has 0 bridgehead atoms. The Bertz CT molecular complexity index is 444. The summed E-state index contributed by atoms with van der Waals surface area (Å²) in [6.45, 7) is 8.00. The van der Waals surface area contributed by atoms with Crippen molar-refractivity contribution in [2.75, 3.05) is 23.4 Å². The van der Waals surface area contributed by atoms with E-state index < -0.39 is 0 Å². The van der Waals surface area contributed by atoms with E-state index in [1.807, 2.05) is 13.8 Å².